The zero-order valence-electron chi connectivity index (χ0n) is 15.1. The van der Waals surface area contributed by atoms with Gasteiger partial charge in [-0.3, -0.25) is 9.59 Å². The predicted octanol–water partition coefficient (Wildman–Crippen LogP) is 3.89. The van der Waals surface area contributed by atoms with E-state index in [4.69, 9.17) is 0 Å². The SMILES string of the molecule is O=C(Cc1ccc(C(F)(F)F)cc1)N1CCC(C(=O)O)(c2ccccc2)CC1. The lowest BCUT2D eigenvalue weighted by atomic mass is 9.73. The molecular formula is C21H20F3NO3. The monoisotopic (exact) mass is 391 g/mol. The summed E-state index contributed by atoms with van der Waals surface area (Å²) in [5.41, 5.74) is -0.559. The standard InChI is InChI=1S/C21H20F3NO3/c22-21(23,24)17-8-6-15(7-9-17)14-18(26)25-12-10-20(11-13-25,19(27)28)16-4-2-1-3-5-16/h1-9H,10-14H2,(H,27,28). The predicted molar refractivity (Wildman–Crippen MR) is 96.7 cm³/mol. The minimum Gasteiger partial charge on any atom is -0.481 e. The Labute approximate surface area is 160 Å². The number of carbonyl (C=O) groups excluding carboxylic acids is 1. The number of carbonyl (C=O) groups is 2. The van der Waals surface area contributed by atoms with Crippen LogP contribution in [0.5, 0.6) is 0 Å². The van der Waals surface area contributed by atoms with Crippen LogP contribution in [0, 0.1) is 0 Å². The molecule has 0 radical (unpaired) electrons. The normalized spacial score (nSPS) is 16.6. The first kappa shape index (κ1) is 19.9. The Kier molecular flexibility index (Phi) is 5.45. The van der Waals surface area contributed by atoms with Gasteiger partial charge in [-0.15, -0.1) is 0 Å². The minimum atomic E-state index is -4.41. The van der Waals surface area contributed by atoms with E-state index in [9.17, 15) is 27.9 Å². The molecule has 7 heteroatoms. The number of nitrogens with zero attached hydrogens (tertiary/aromatic N) is 1. The van der Waals surface area contributed by atoms with Crippen LogP contribution >= 0.6 is 0 Å². The first-order valence-electron chi connectivity index (χ1n) is 8.95. The average Bonchev–Trinajstić information content (AvgIpc) is 2.68. The van der Waals surface area contributed by atoms with E-state index >= 15 is 0 Å². The number of rotatable bonds is 4. The Balaban J connectivity index is 1.65. The molecule has 0 aliphatic carbocycles. The van der Waals surface area contributed by atoms with Gasteiger partial charge in [0.2, 0.25) is 5.91 Å². The molecule has 0 unspecified atom stereocenters. The number of halogens is 3. The molecule has 1 aliphatic heterocycles. The summed E-state index contributed by atoms with van der Waals surface area (Å²) in [6.45, 7) is 0.585. The van der Waals surface area contributed by atoms with Gasteiger partial charge in [0.25, 0.3) is 0 Å². The molecule has 1 N–H and O–H groups in total. The van der Waals surface area contributed by atoms with Gasteiger partial charge in [0.05, 0.1) is 17.4 Å². The topological polar surface area (TPSA) is 57.6 Å². The molecule has 0 aromatic heterocycles. The summed E-state index contributed by atoms with van der Waals surface area (Å²) >= 11 is 0. The molecule has 4 nitrogen and oxygen atoms in total. The third-order valence-corrected chi connectivity index (χ3v) is 5.34. The van der Waals surface area contributed by atoms with Crippen LogP contribution in [-0.4, -0.2) is 35.0 Å². The van der Waals surface area contributed by atoms with Gasteiger partial charge in [0.15, 0.2) is 0 Å². The number of likely N-dealkylation sites (tertiary alicyclic amines) is 1. The number of hydrogen-bond acceptors (Lipinski definition) is 2. The summed E-state index contributed by atoms with van der Waals surface area (Å²) in [5, 5.41) is 9.80. The maximum Gasteiger partial charge on any atom is 0.416 e. The molecule has 1 amide bonds. The van der Waals surface area contributed by atoms with Crippen molar-refractivity contribution in [1.82, 2.24) is 4.90 Å². The van der Waals surface area contributed by atoms with Crippen molar-refractivity contribution < 1.29 is 27.9 Å². The van der Waals surface area contributed by atoms with Gasteiger partial charge in [-0.25, -0.2) is 0 Å². The molecule has 28 heavy (non-hydrogen) atoms. The van der Waals surface area contributed by atoms with Crippen molar-refractivity contribution in [3.05, 3.63) is 71.3 Å². The van der Waals surface area contributed by atoms with Crippen molar-refractivity contribution in [2.24, 2.45) is 0 Å². The van der Waals surface area contributed by atoms with E-state index in [2.05, 4.69) is 0 Å². The number of piperidine rings is 1. The number of benzene rings is 2. The maximum atomic E-state index is 12.6. The van der Waals surface area contributed by atoms with Crippen LogP contribution in [0.15, 0.2) is 54.6 Å². The first-order valence-corrected chi connectivity index (χ1v) is 8.95. The number of hydrogen-bond donors (Lipinski definition) is 1. The fourth-order valence-electron chi connectivity index (χ4n) is 3.62. The van der Waals surface area contributed by atoms with E-state index in [0.717, 1.165) is 17.7 Å². The van der Waals surface area contributed by atoms with Crippen molar-refractivity contribution >= 4 is 11.9 Å². The molecule has 1 saturated heterocycles. The van der Waals surface area contributed by atoms with Gasteiger partial charge in [0, 0.05) is 13.1 Å². The number of aliphatic carboxylic acids is 1. The highest BCUT2D eigenvalue weighted by molar-refractivity contribution is 5.83. The van der Waals surface area contributed by atoms with Gasteiger partial charge in [-0.05, 0) is 36.1 Å². The van der Waals surface area contributed by atoms with Crippen LogP contribution in [-0.2, 0) is 27.6 Å². The molecule has 1 heterocycles. The van der Waals surface area contributed by atoms with Crippen molar-refractivity contribution in [2.75, 3.05) is 13.1 Å². The van der Waals surface area contributed by atoms with Gasteiger partial charge in [-0.1, -0.05) is 42.5 Å². The fraction of sp³-hybridized carbons (Fsp3) is 0.333. The Bertz CT molecular complexity index is 839. The highest BCUT2D eigenvalue weighted by Crippen LogP contribution is 2.36. The van der Waals surface area contributed by atoms with Crippen LogP contribution < -0.4 is 0 Å². The van der Waals surface area contributed by atoms with Gasteiger partial charge >= 0.3 is 12.1 Å². The van der Waals surface area contributed by atoms with Gasteiger partial charge < -0.3 is 10.0 Å². The summed E-state index contributed by atoms with van der Waals surface area (Å²) in [4.78, 5) is 26.1. The lowest BCUT2D eigenvalue weighted by molar-refractivity contribution is -0.148. The second-order valence-corrected chi connectivity index (χ2v) is 7.01. The lowest BCUT2D eigenvalue weighted by Gasteiger charge is -2.39. The molecule has 0 saturated carbocycles. The second-order valence-electron chi connectivity index (χ2n) is 7.01. The zero-order chi connectivity index (χ0) is 20.4. The van der Waals surface area contributed by atoms with E-state index in [-0.39, 0.29) is 12.3 Å². The molecule has 1 fully saturated rings. The average molecular weight is 391 g/mol. The molecule has 1 aliphatic rings. The van der Waals surface area contributed by atoms with Crippen molar-refractivity contribution in [2.45, 2.75) is 30.9 Å². The second kappa shape index (κ2) is 7.66. The van der Waals surface area contributed by atoms with Gasteiger partial charge in [-0.2, -0.15) is 13.2 Å². The third-order valence-electron chi connectivity index (χ3n) is 5.34. The zero-order valence-corrected chi connectivity index (χ0v) is 15.1. The minimum absolute atomic E-state index is 0.0104. The van der Waals surface area contributed by atoms with E-state index in [0.29, 0.717) is 31.5 Å². The number of carboxylic acid groups (broad SMARTS) is 1. The van der Waals surface area contributed by atoms with E-state index in [1.165, 1.54) is 12.1 Å². The molecule has 0 spiro atoms. The molecule has 148 valence electrons. The first-order chi connectivity index (χ1) is 13.2. The fourth-order valence-corrected chi connectivity index (χ4v) is 3.62. The molecule has 0 atom stereocenters. The molecule has 0 bridgehead atoms. The van der Waals surface area contributed by atoms with Crippen molar-refractivity contribution in [3.63, 3.8) is 0 Å². The highest BCUT2D eigenvalue weighted by Gasteiger charge is 2.43. The molecular weight excluding hydrogens is 371 g/mol. The van der Waals surface area contributed by atoms with Crippen LogP contribution in [0.2, 0.25) is 0 Å². The lowest BCUT2D eigenvalue weighted by Crippen LogP contribution is -2.49. The third kappa shape index (κ3) is 4.03. The molecule has 2 aromatic rings. The van der Waals surface area contributed by atoms with Crippen molar-refractivity contribution in [3.8, 4) is 0 Å². The summed E-state index contributed by atoms with van der Waals surface area (Å²) in [7, 11) is 0. The summed E-state index contributed by atoms with van der Waals surface area (Å²) in [6.07, 6.45) is -3.83. The van der Waals surface area contributed by atoms with Crippen molar-refractivity contribution in [1.29, 1.82) is 0 Å². The Morgan fingerprint density at radius 3 is 2.04 bits per heavy atom. The van der Waals surface area contributed by atoms with Gasteiger partial charge in [0.1, 0.15) is 0 Å². The van der Waals surface area contributed by atoms with Crippen LogP contribution in [0.3, 0.4) is 0 Å². The smallest absolute Gasteiger partial charge is 0.416 e. The summed E-state index contributed by atoms with van der Waals surface area (Å²) < 4.78 is 37.9. The Morgan fingerprint density at radius 2 is 1.54 bits per heavy atom. The van der Waals surface area contributed by atoms with E-state index < -0.39 is 23.1 Å². The summed E-state index contributed by atoms with van der Waals surface area (Å²) in [5.74, 6) is -1.12. The van der Waals surface area contributed by atoms with E-state index in [1.54, 1.807) is 29.2 Å². The summed E-state index contributed by atoms with van der Waals surface area (Å²) in [6, 6.07) is 13.5. The maximum absolute atomic E-state index is 12.6. The quantitative estimate of drug-likeness (QED) is 0.860. The molecule has 2 aromatic carbocycles. The van der Waals surface area contributed by atoms with Crippen LogP contribution in [0.25, 0.3) is 0 Å². The molecule has 3 rings (SSSR count). The highest BCUT2D eigenvalue weighted by atomic mass is 19.4. The van der Waals surface area contributed by atoms with Crippen LogP contribution in [0.4, 0.5) is 13.2 Å². The number of alkyl halides is 3. The van der Waals surface area contributed by atoms with E-state index in [1.807, 2.05) is 6.07 Å². The number of carboxylic acids is 1. The number of amides is 1. The van der Waals surface area contributed by atoms with Crippen LogP contribution in [0.1, 0.15) is 29.5 Å². The largest absolute Gasteiger partial charge is 0.481 e. The Hall–Kier alpha value is -2.83. The Morgan fingerprint density at radius 1 is 0.964 bits per heavy atom.